The molecule has 0 atom stereocenters. The van der Waals surface area contributed by atoms with Crippen LogP contribution >= 0.6 is 0 Å². The highest BCUT2D eigenvalue weighted by Gasteiger charge is 2.26. The van der Waals surface area contributed by atoms with E-state index in [0.29, 0.717) is 5.56 Å². The Hall–Kier alpha value is -1.55. The van der Waals surface area contributed by atoms with Crippen molar-refractivity contribution in [2.75, 3.05) is 26.4 Å². The van der Waals surface area contributed by atoms with Crippen molar-refractivity contribution in [3.63, 3.8) is 0 Å². The lowest BCUT2D eigenvalue weighted by Gasteiger charge is -2.23. The maximum Gasteiger partial charge on any atom is 0.150 e. The first-order chi connectivity index (χ1) is 11.3. The first-order valence-electron chi connectivity index (χ1n) is 7.53. The summed E-state index contributed by atoms with van der Waals surface area (Å²) in [5, 5.41) is 42.7. The van der Waals surface area contributed by atoms with Crippen molar-refractivity contribution < 1.29 is 30.3 Å². The lowest BCUT2D eigenvalue weighted by atomic mass is 9.93. The van der Waals surface area contributed by atoms with E-state index in [2.05, 4.69) is 6.92 Å². The smallest absolute Gasteiger partial charge is 0.150 e. The molecule has 0 aromatic heterocycles. The van der Waals surface area contributed by atoms with E-state index >= 15 is 0 Å². The Kier molecular flexibility index (Phi) is 15.4. The van der Waals surface area contributed by atoms with Crippen LogP contribution in [0, 0.1) is 5.41 Å². The second-order valence-electron chi connectivity index (χ2n) is 5.29. The molecule has 0 unspecified atom stereocenters. The molecule has 8 nitrogen and oxygen atoms in total. The average molecular weight is 346 g/mol. The number of phenols is 1. The molecule has 0 spiro atoms. The van der Waals surface area contributed by atoms with Gasteiger partial charge in [-0.05, 0) is 30.7 Å². The molecule has 24 heavy (non-hydrogen) atoms. The zero-order valence-corrected chi connectivity index (χ0v) is 14.0. The van der Waals surface area contributed by atoms with Crippen LogP contribution in [0.2, 0.25) is 0 Å². The van der Waals surface area contributed by atoms with E-state index in [9.17, 15) is 4.79 Å². The van der Waals surface area contributed by atoms with Gasteiger partial charge in [-0.1, -0.05) is 13.3 Å². The van der Waals surface area contributed by atoms with Crippen LogP contribution in [0.15, 0.2) is 24.3 Å². The molecule has 0 heterocycles. The summed E-state index contributed by atoms with van der Waals surface area (Å²) in [7, 11) is 0. The molecule has 0 saturated heterocycles. The molecule has 0 aliphatic rings. The predicted molar refractivity (Wildman–Crippen MR) is 91.3 cm³/mol. The number of aliphatic hydroxyl groups is 4. The lowest BCUT2D eigenvalue weighted by Crippen LogP contribution is -2.37. The maximum absolute atomic E-state index is 10.0. The highest BCUT2D eigenvalue weighted by atomic mass is 16.3. The van der Waals surface area contributed by atoms with Crippen molar-refractivity contribution in [2.45, 2.75) is 25.9 Å². The van der Waals surface area contributed by atoms with E-state index < -0.39 is 31.8 Å². The second kappa shape index (κ2) is 15.0. The predicted octanol–water partition coefficient (Wildman–Crippen LogP) is -0.823. The number of nitrogens with two attached hydrogens (primary N) is 2. The van der Waals surface area contributed by atoms with Gasteiger partial charge in [-0.15, -0.1) is 0 Å². The quantitative estimate of drug-likeness (QED) is 0.248. The fourth-order valence-electron chi connectivity index (χ4n) is 1.19. The van der Waals surface area contributed by atoms with Crippen LogP contribution in [0.5, 0.6) is 5.75 Å². The Morgan fingerprint density at radius 2 is 1.42 bits per heavy atom. The van der Waals surface area contributed by atoms with E-state index in [1.165, 1.54) is 12.1 Å². The summed E-state index contributed by atoms with van der Waals surface area (Å²) in [6.45, 7) is 0.437. The Labute approximate surface area is 142 Å². The molecule has 0 aliphatic heterocycles. The summed E-state index contributed by atoms with van der Waals surface area (Å²) < 4.78 is 0. The molecule has 0 aliphatic carbocycles. The molecule has 0 fully saturated rings. The van der Waals surface area contributed by atoms with Gasteiger partial charge in [-0.25, -0.2) is 0 Å². The molecule has 0 bridgehead atoms. The van der Waals surface area contributed by atoms with E-state index in [-0.39, 0.29) is 11.9 Å². The number of aldehydes is 1. The first kappa shape index (κ1) is 24.7. The summed E-state index contributed by atoms with van der Waals surface area (Å²) in [5.41, 5.74) is 9.83. The number of hydrogen-bond donors (Lipinski definition) is 7. The molecule has 9 N–H and O–H groups in total. The number of phenolic OH excluding ortho intramolecular Hbond substituents is 1. The minimum Gasteiger partial charge on any atom is -0.508 e. The van der Waals surface area contributed by atoms with Gasteiger partial charge in [0.1, 0.15) is 12.0 Å². The van der Waals surface area contributed by atoms with Crippen LogP contribution in [0.4, 0.5) is 0 Å². The maximum atomic E-state index is 10.0. The van der Waals surface area contributed by atoms with Gasteiger partial charge in [0, 0.05) is 5.56 Å². The minimum absolute atomic E-state index is 0.102. The number of carbonyl (C=O) groups is 1. The molecule has 1 rings (SSSR count). The minimum atomic E-state index is -1.11. The van der Waals surface area contributed by atoms with E-state index in [1.807, 2.05) is 0 Å². The number of hydrogen-bond acceptors (Lipinski definition) is 8. The van der Waals surface area contributed by atoms with Crippen LogP contribution in [0.1, 0.15) is 30.1 Å². The van der Waals surface area contributed by atoms with E-state index in [0.717, 1.165) is 19.1 Å². The van der Waals surface area contributed by atoms with Crippen LogP contribution < -0.4 is 11.5 Å². The normalized spacial score (nSPS) is 10.3. The number of carbonyl (C=O) groups excluding carboxylic acids is 1. The van der Waals surface area contributed by atoms with Crippen molar-refractivity contribution >= 4 is 6.29 Å². The SMILES string of the molecule is CCCC(N)N.O=Cc1ccc(O)cc1.OCC(CO)(CO)CO. The zero-order chi connectivity index (χ0) is 19.0. The Balaban J connectivity index is 0. The molecular weight excluding hydrogens is 316 g/mol. The first-order valence-corrected chi connectivity index (χ1v) is 7.53. The van der Waals surface area contributed by atoms with Gasteiger partial charge in [0.2, 0.25) is 0 Å². The largest absolute Gasteiger partial charge is 0.508 e. The van der Waals surface area contributed by atoms with Crippen molar-refractivity contribution in [2.24, 2.45) is 16.9 Å². The monoisotopic (exact) mass is 346 g/mol. The molecule has 0 amide bonds. The zero-order valence-electron chi connectivity index (χ0n) is 14.0. The van der Waals surface area contributed by atoms with Gasteiger partial charge in [0.15, 0.2) is 0 Å². The van der Waals surface area contributed by atoms with Crippen molar-refractivity contribution in [3.8, 4) is 5.75 Å². The summed E-state index contributed by atoms with van der Waals surface area (Å²) in [4.78, 5) is 10.0. The fraction of sp³-hybridized carbons (Fsp3) is 0.562. The summed E-state index contributed by atoms with van der Waals surface area (Å²) >= 11 is 0. The van der Waals surface area contributed by atoms with Gasteiger partial charge in [-0.3, -0.25) is 4.79 Å². The highest BCUT2D eigenvalue weighted by molar-refractivity contribution is 5.74. The lowest BCUT2D eigenvalue weighted by molar-refractivity contribution is -0.0328. The molecule has 0 radical (unpaired) electrons. The Morgan fingerprint density at radius 3 is 1.58 bits per heavy atom. The Morgan fingerprint density at radius 1 is 1.00 bits per heavy atom. The summed E-state index contributed by atoms with van der Waals surface area (Å²) in [6, 6.07) is 6.07. The van der Waals surface area contributed by atoms with Crippen LogP contribution in [0.25, 0.3) is 0 Å². The average Bonchev–Trinajstić information content (AvgIpc) is 2.59. The topological polar surface area (TPSA) is 170 Å². The van der Waals surface area contributed by atoms with Crippen molar-refractivity contribution in [3.05, 3.63) is 29.8 Å². The molecule has 140 valence electrons. The third kappa shape index (κ3) is 11.9. The number of rotatable bonds is 7. The van der Waals surface area contributed by atoms with Gasteiger partial charge < -0.3 is 37.0 Å². The van der Waals surface area contributed by atoms with Crippen molar-refractivity contribution in [1.29, 1.82) is 0 Å². The third-order valence-corrected chi connectivity index (χ3v) is 2.99. The molecule has 0 saturated carbocycles. The fourth-order valence-corrected chi connectivity index (χ4v) is 1.19. The highest BCUT2D eigenvalue weighted by Crippen LogP contribution is 2.11. The number of benzene rings is 1. The van der Waals surface area contributed by atoms with Gasteiger partial charge in [0.05, 0.1) is 38.0 Å². The van der Waals surface area contributed by atoms with Crippen LogP contribution in [0.3, 0.4) is 0 Å². The van der Waals surface area contributed by atoms with Gasteiger partial charge in [-0.2, -0.15) is 0 Å². The molecule has 1 aromatic rings. The number of aliphatic hydroxyl groups excluding tert-OH is 4. The summed E-state index contributed by atoms with van der Waals surface area (Å²) in [6.07, 6.45) is 2.65. The Bertz CT molecular complexity index is 390. The second-order valence-corrected chi connectivity index (χ2v) is 5.29. The van der Waals surface area contributed by atoms with Crippen molar-refractivity contribution in [1.82, 2.24) is 0 Å². The molecule has 1 aromatic carbocycles. The third-order valence-electron chi connectivity index (χ3n) is 2.99. The van der Waals surface area contributed by atoms with Gasteiger partial charge in [0.25, 0.3) is 0 Å². The number of aromatic hydroxyl groups is 1. The van der Waals surface area contributed by atoms with Gasteiger partial charge >= 0.3 is 0 Å². The van der Waals surface area contributed by atoms with E-state index in [1.54, 1.807) is 12.1 Å². The molecule has 8 heteroatoms. The summed E-state index contributed by atoms with van der Waals surface area (Å²) in [5.74, 6) is 0.181. The molecular formula is C16H30N2O6. The van der Waals surface area contributed by atoms with Crippen LogP contribution in [-0.2, 0) is 0 Å². The van der Waals surface area contributed by atoms with Crippen LogP contribution in [-0.4, -0.2) is 64.4 Å². The van der Waals surface area contributed by atoms with E-state index in [4.69, 9.17) is 37.0 Å². The standard InChI is InChI=1S/C7H6O2.C5H12O4.C4H12N2/c8-5-6-1-3-7(9)4-2-6;6-1-5(2-7,3-8)4-9;1-2-3-4(5)6/h1-5,9H;6-9H,1-4H2;4H,2-3,5-6H2,1H3.